The summed E-state index contributed by atoms with van der Waals surface area (Å²) < 4.78 is 4.81. The SMILES string of the molecule is COC(=O)C(Nc1ccc([N+](=O)[O-])c2ccccc12)C(C)C. The van der Waals surface area contributed by atoms with Crippen molar-refractivity contribution in [2.45, 2.75) is 19.9 Å². The van der Waals surface area contributed by atoms with Crippen LogP contribution in [-0.4, -0.2) is 24.0 Å². The second kappa shape index (κ2) is 6.43. The monoisotopic (exact) mass is 302 g/mol. The summed E-state index contributed by atoms with van der Waals surface area (Å²) in [5, 5.41) is 15.5. The minimum atomic E-state index is -0.519. The van der Waals surface area contributed by atoms with Crippen LogP contribution in [0.5, 0.6) is 0 Å². The smallest absolute Gasteiger partial charge is 0.328 e. The van der Waals surface area contributed by atoms with Gasteiger partial charge in [-0.15, -0.1) is 0 Å². The molecule has 1 atom stereocenters. The van der Waals surface area contributed by atoms with Crippen molar-refractivity contribution in [3.05, 3.63) is 46.5 Å². The van der Waals surface area contributed by atoms with Crippen molar-refractivity contribution in [2.24, 2.45) is 5.92 Å². The molecule has 0 bridgehead atoms. The molecule has 22 heavy (non-hydrogen) atoms. The number of anilines is 1. The maximum absolute atomic E-state index is 11.9. The average molecular weight is 302 g/mol. The Balaban J connectivity index is 2.50. The second-order valence-electron chi connectivity index (χ2n) is 5.32. The average Bonchev–Trinajstić information content (AvgIpc) is 2.51. The highest BCUT2D eigenvalue weighted by molar-refractivity contribution is 6.00. The van der Waals surface area contributed by atoms with Crippen LogP contribution in [0.4, 0.5) is 11.4 Å². The van der Waals surface area contributed by atoms with Crippen LogP contribution in [0.3, 0.4) is 0 Å². The van der Waals surface area contributed by atoms with Crippen LogP contribution >= 0.6 is 0 Å². The summed E-state index contributed by atoms with van der Waals surface area (Å²) in [6.07, 6.45) is 0. The standard InChI is InChI=1S/C16H18N2O4/c1-10(2)15(16(19)22-3)17-13-8-9-14(18(20)21)12-7-5-4-6-11(12)13/h4-10,15,17H,1-3H3. The Labute approximate surface area is 128 Å². The number of ether oxygens (including phenoxy) is 1. The van der Waals surface area contributed by atoms with E-state index in [1.165, 1.54) is 13.2 Å². The molecular formula is C16H18N2O4. The zero-order chi connectivity index (χ0) is 16.3. The molecule has 0 aliphatic carbocycles. The molecule has 2 rings (SSSR count). The maximum Gasteiger partial charge on any atom is 0.328 e. The molecular weight excluding hydrogens is 284 g/mol. The number of nitrogens with zero attached hydrogens (tertiary/aromatic N) is 1. The lowest BCUT2D eigenvalue weighted by Gasteiger charge is -2.22. The van der Waals surface area contributed by atoms with E-state index in [9.17, 15) is 14.9 Å². The fourth-order valence-corrected chi connectivity index (χ4v) is 2.36. The Hall–Kier alpha value is -2.63. The van der Waals surface area contributed by atoms with Gasteiger partial charge in [0.25, 0.3) is 5.69 Å². The van der Waals surface area contributed by atoms with Gasteiger partial charge in [0.2, 0.25) is 0 Å². The molecule has 0 amide bonds. The molecule has 0 fully saturated rings. The summed E-state index contributed by atoms with van der Waals surface area (Å²) in [5.41, 5.74) is 0.714. The molecule has 0 saturated heterocycles. The number of nitrogens with one attached hydrogen (secondary N) is 1. The van der Waals surface area contributed by atoms with Gasteiger partial charge >= 0.3 is 5.97 Å². The fraction of sp³-hybridized carbons (Fsp3) is 0.312. The van der Waals surface area contributed by atoms with E-state index in [2.05, 4.69) is 5.32 Å². The summed E-state index contributed by atoms with van der Waals surface area (Å²) in [5.74, 6) is -0.348. The molecule has 2 aromatic rings. The molecule has 2 aromatic carbocycles. The molecule has 6 heteroatoms. The lowest BCUT2D eigenvalue weighted by Crippen LogP contribution is -2.35. The van der Waals surface area contributed by atoms with Gasteiger partial charge in [0.1, 0.15) is 6.04 Å². The molecule has 1 N–H and O–H groups in total. The number of benzene rings is 2. The van der Waals surface area contributed by atoms with Crippen molar-refractivity contribution in [2.75, 3.05) is 12.4 Å². The number of hydrogen-bond acceptors (Lipinski definition) is 5. The second-order valence-corrected chi connectivity index (χ2v) is 5.32. The van der Waals surface area contributed by atoms with Gasteiger partial charge in [-0.05, 0) is 18.1 Å². The highest BCUT2D eigenvalue weighted by Gasteiger charge is 2.24. The molecule has 6 nitrogen and oxygen atoms in total. The van der Waals surface area contributed by atoms with Crippen LogP contribution in [-0.2, 0) is 9.53 Å². The topological polar surface area (TPSA) is 81.5 Å². The maximum atomic E-state index is 11.9. The number of carbonyl (C=O) groups is 1. The Morgan fingerprint density at radius 1 is 1.18 bits per heavy atom. The van der Waals surface area contributed by atoms with E-state index in [-0.39, 0.29) is 17.6 Å². The zero-order valence-corrected chi connectivity index (χ0v) is 12.7. The van der Waals surface area contributed by atoms with E-state index in [0.29, 0.717) is 16.5 Å². The lowest BCUT2D eigenvalue weighted by atomic mass is 10.0. The largest absolute Gasteiger partial charge is 0.467 e. The summed E-state index contributed by atoms with van der Waals surface area (Å²) in [4.78, 5) is 22.6. The number of nitro benzene ring substituents is 1. The molecule has 0 radical (unpaired) electrons. The molecule has 1 unspecified atom stereocenters. The number of methoxy groups -OCH3 is 1. The van der Waals surface area contributed by atoms with Crippen LogP contribution < -0.4 is 5.32 Å². The Morgan fingerprint density at radius 2 is 1.82 bits per heavy atom. The van der Waals surface area contributed by atoms with Gasteiger partial charge < -0.3 is 10.1 Å². The van der Waals surface area contributed by atoms with Crippen molar-refractivity contribution < 1.29 is 14.5 Å². The van der Waals surface area contributed by atoms with Gasteiger partial charge in [0, 0.05) is 17.1 Å². The summed E-state index contributed by atoms with van der Waals surface area (Å²) in [7, 11) is 1.34. The zero-order valence-electron chi connectivity index (χ0n) is 12.7. The third-order valence-corrected chi connectivity index (χ3v) is 3.53. The van der Waals surface area contributed by atoms with E-state index >= 15 is 0 Å². The van der Waals surface area contributed by atoms with Crippen LogP contribution in [0.15, 0.2) is 36.4 Å². The van der Waals surface area contributed by atoms with E-state index in [4.69, 9.17) is 4.74 Å². The predicted octanol–water partition coefficient (Wildman–Crippen LogP) is 3.36. The van der Waals surface area contributed by atoms with Crippen LogP contribution in [0.2, 0.25) is 0 Å². The molecule has 0 aromatic heterocycles. The molecule has 0 aliphatic heterocycles. The van der Waals surface area contributed by atoms with E-state index in [1.807, 2.05) is 13.8 Å². The molecule has 0 saturated carbocycles. The van der Waals surface area contributed by atoms with Gasteiger partial charge in [-0.25, -0.2) is 4.79 Å². The van der Waals surface area contributed by atoms with Gasteiger partial charge in [0.05, 0.1) is 17.4 Å². The molecule has 0 heterocycles. The van der Waals surface area contributed by atoms with Gasteiger partial charge in [-0.2, -0.15) is 0 Å². The van der Waals surface area contributed by atoms with Gasteiger partial charge in [-0.1, -0.05) is 32.0 Å². The quantitative estimate of drug-likeness (QED) is 0.520. The third-order valence-electron chi connectivity index (χ3n) is 3.53. The van der Waals surface area contributed by atoms with Gasteiger partial charge in [0.15, 0.2) is 0 Å². The van der Waals surface area contributed by atoms with Crippen molar-refractivity contribution in [1.29, 1.82) is 0 Å². The molecule has 0 spiro atoms. The molecule has 116 valence electrons. The minimum absolute atomic E-state index is 0.0152. The first-order valence-electron chi connectivity index (χ1n) is 6.96. The lowest BCUT2D eigenvalue weighted by molar-refractivity contribution is -0.383. The number of rotatable bonds is 5. The number of carbonyl (C=O) groups excluding carboxylic acids is 1. The molecule has 0 aliphatic rings. The third kappa shape index (κ3) is 3.00. The van der Waals surface area contributed by atoms with E-state index in [0.717, 1.165) is 0 Å². The Bertz CT molecular complexity index is 712. The fourth-order valence-electron chi connectivity index (χ4n) is 2.36. The first-order chi connectivity index (χ1) is 10.5. The highest BCUT2D eigenvalue weighted by atomic mass is 16.6. The van der Waals surface area contributed by atoms with Crippen molar-refractivity contribution >= 4 is 28.1 Å². The number of hydrogen-bond donors (Lipinski definition) is 1. The minimum Gasteiger partial charge on any atom is -0.467 e. The normalized spacial score (nSPS) is 12.2. The van der Waals surface area contributed by atoms with Crippen LogP contribution in [0.25, 0.3) is 10.8 Å². The number of non-ortho nitro benzene ring substituents is 1. The summed E-state index contributed by atoms with van der Waals surface area (Å²) >= 11 is 0. The first-order valence-corrected chi connectivity index (χ1v) is 6.96. The number of nitro groups is 1. The first kappa shape index (κ1) is 15.8. The van der Waals surface area contributed by atoms with Crippen LogP contribution in [0, 0.1) is 16.0 Å². The predicted molar refractivity (Wildman–Crippen MR) is 84.9 cm³/mol. The summed E-state index contributed by atoms with van der Waals surface area (Å²) in [6.45, 7) is 3.81. The van der Waals surface area contributed by atoms with E-state index < -0.39 is 11.0 Å². The highest BCUT2D eigenvalue weighted by Crippen LogP contribution is 2.32. The Kier molecular flexibility index (Phi) is 4.60. The number of fused-ring (bicyclic) bond motifs is 1. The summed E-state index contributed by atoms with van der Waals surface area (Å²) in [6, 6.07) is 9.59. The Morgan fingerprint density at radius 3 is 2.36 bits per heavy atom. The van der Waals surface area contributed by atoms with E-state index in [1.54, 1.807) is 30.3 Å². The number of esters is 1. The van der Waals surface area contributed by atoms with Crippen molar-refractivity contribution in [3.8, 4) is 0 Å². The van der Waals surface area contributed by atoms with Crippen LogP contribution in [0.1, 0.15) is 13.8 Å². The van der Waals surface area contributed by atoms with Gasteiger partial charge in [-0.3, -0.25) is 10.1 Å². The van der Waals surface area contributed by atoms with Crippen molar-refractivity contribution in [3.63, 3.8) is 0 Å². The van der Waals surface area contributed by atoms with Crippen molar-refractivity contribution in [1.82, 2.24) is 0 Å².